The number of aromatic nitrogens is 2. The largest absolute Gasteiger partial charge is 0.457 e. The van der Waals surface area contributed by atoms with Gasteiger partial charge in [-0.25, -0.2) is 9.97 Å². The highest BCUT2D eigenvalue weighted by Crippen LogP contribution is 2.33. The number of allylic oxidation sites excluding steroid dienone is 2. The fourth-order valence-electron chi connectivity index (χ4n) is 5.18. The number of aryl methyl sites for hydroxylation is 2. The summed E-state index contributed by atoms with van der Waals surface area (Å²) in [5, 5.41) is 3.12. The summed E-state index contributed by atoms with van der Waals surface area (Å²) < 4.78 is 5.77. The van der Waals surface area contributed by atoms with Crippen molar-refractivity contribution >= 4 is 28.8 Å². The van der Waals surface area contributed by atoms with Crippen LogP contribution < -0.4 is 25.6 Å². The molecule has 0 bridgehead atoms. The molecule has 3 aromatic carbocycles. The highest BCUT2D eigenvalue weighted by atomic mass is 16.5. The number of anilines is 4. The molecule has 0 fully saturated rings. The second-order valence-corrected chi connectivity index (χ2v) is 13.0. The summed E-state index contributed by atoms with van der Waals surface area (Å²) in [6, 6.07) is 25.2. The van der Waals surface area contributed by atoms with Crippen molar-refractivity contribution in [2.45, 2.75) is 107 Å². The summed E-state index contributed by atoms with van der Waals surface area (Å²) in [7, 11) is 4.07. The number of nitrogens with zero attached hydrogens (tertiary/aromatic N) is 4. The van der Waals surface area contributed by atoms with Crippen molar-refractivity contribution in [3.8, 4) is 11.5 Å². The number of nitrogens with one attached hydrogen (secondary N) is 1. The van der Waals surface area contributed by atoms with Crippen LogP contribution in [0.4, 0.5) is 22.9 Å². The number of nitrogens with two attached hydrogens (primary N) is 1. The van der Waals surface area contributed by atoms with E-state index in [4.69, 9.17) is 10.5 Å². The van der Waals surface area contributed by atoms with Crippen molar-refractivity contribution in [3.63, 3.8) is 0 Å². The van der Waals surface area contributed by atoms with E-state index in [1.807, 2.05) is 37.4 Å². The number of rotatable bonds is 15. The van der Waals surface area contributed by atoms with Crippen molar-refractivity contribution in [3.05, 3.63) is 120 Å². The third-order valence-corrected chi connectivity index (χ3v) is 7.90. The number of carbonyl (C=O) groups is 1. The normalized spacial score (nSPS) is 10.6. The minimum Gasteiger partial charge on any atom is -0.457 e. The molecule has 8 nitrogen and oxygen atoms in total. The van der Waals surface area contributed by atoms with E-state index in [2.05, 4.69) is 111 Å². The third kappa shape index (κ3) is 18.2. The number of nitrogen functional groups attached to an aromatic ring is 1. The Morgan fingerprint density at radius 3 is 1.94 bits per heavy atom. The van der Waals surface area contributed by atoms with Crippen LogP contribution in [-0.2, 0) is 4.79 Å². The molecule has 0 aliphatic heterocycles. The maximum Gasteiger partial charge on any atom is 0.228 e. The topological polar surface area (TPSA) is 96.6 Å². The molecule has 294 valence electrons. The number of likely N-dealkylation sites (N-methyl/N-ethyl adjacent to an activating group) is 2. The quantitative estimate of drug-likeness (QED) is 0.0926. The Balaban J connectivity index is 0.000000438. The van der Waals surface area contributed by atoms with E-state index in [0.29, 0.717) is 22.8 Å². The summed E-state index contributed by atoms with van der Waals surface area (Å²) in [5.41, 5.74) is 11.5. The number of hydrogen-bond donors (Lipinski definition) is 2. The van der Waals surface area contributed by atoms with Gasteiger partial charge in [-0.2, -0.15) is 0 Å². The molecule has 1 amide bonds. The molecule has 3 N–H and O–H groups in total. The number of hydrogen-bond acceptors (Lipinski definition) is 7. The lowest BCUT2D eigenvalue weighted by atomic mass is 10.1. The lowest BCUT2D eigenvalue weighted by molar-refractivity contribution is -0.115. The first-order chi connectivity index (χ1) is 26.1. The van der Waals surface area contributed by atoms with Crippen molar-refractivity contribution in [1.82, 2.24) is 15.3 Å². The summed E-state index contributed by atoms with van der Waals surface area (Å²) in [5.74, 6) is 1.50. The Kier molecular flexibility index (Phi) is 24.9. The molecule has 0 aliphatic rings. The fraction of sp³-hybridized carbons (Fsp3) is 0.413. The second kappa shape index (κ2) is 28.5. The molecule has 0 saturated carbocycles. The van der Waals surface area contributed by atoms with Crippen LogP contribution >= 0.6 is 0 Å². The standard InChI is InChI=1S/C19H18N4O2.C16H24N2.C8H18.C3H8/c1-13-18(19(20)22-12-21-13)23(14(2)24)15-8-10-17(11-9-15)25-16-6-4-3-5-7-16;1-5-8-15(11-7-12-17-3)18(4)16-10-6-9-14(2)13-16;1-3-5-7-8-6-4-2;1-3-2/h3-12H,1-2H3,(H2,20,21,22);6-11,13,17H,5,12H2,1-4H3;3-8H2,1-2H3;3H2,1-2H3/b;11-7+,15-8-;;. The smallest absolute Gasteiger partial charge is 0.228 e. The van der Waals surface area contributed by atoms with Crippen LogP contribution in [0.25, 0.3) is 0 Å². The van der Waals surface area contributed by atoms with Crippen LogP contribution in [0.3, 0.4) is 0 Å². The van der Waals surface area contributed by atoms with Crippen LogP contribution in [-0.4, -0.2) is 36.5 Å². The van der Waals surface area contributed by atoms with E-state index >= 15 is 0 Å². The van der Waals surface area contributed by atoms with Gasteiger partial charge in [0.25, 0.3) is 0 Å². The van der Waals surface area contributed by atoms with Gasteiger partial charge in [0.05, 0.1) is 5.69 Å². The maximum absolute atomic E-state index is 12.2. The average molecular weight is 737 g/mol. The van der Waals surface area contributed by atoms with Gasteiger partial charge < -0.3 is 20.7 Å². The fourth-order valence-corrected chi connectivity index (χ4v) is 5.18. The molecule has 0 saturated heterocycles. The number of amides is 1. The van der Waals surface area contributed by atoms with Gasteiger partial charge in [0.1, 0.15) is 23.5 Å². The van der Waals surface area contributed by atoms with Crippen LogP contribution in [0.5, 0.6) is 11.5 Å². The van der Waals surface area contributed by atoms with E-state index in [-0.39, 0.29) is 11.7 Å². The van der Waals surface area contributed by atoms with Crippen LogP contribution in [0, 0.1) is 13.8 Å². The first-order valence-corrected chi connectivity index (χ1v) is 19.6. The predicted octanol–water partition coefficient (Wildman–Crippen LogP) is 12.1. The highest BCUT2D eigenvalue weighted by Gasteiger charge is 2.20. The molecule has 0 aliphatic carbocycles. The molecule has 0 atom stereocenters. The van der Waals surface area contributed by atoms with Gasteiger partial charge in [0, 0.05) is 37.6 Å². The summed E-state index contributed by atoms with van der Waals surface area (Å²) >= 11 is 0. The second-order valence-electron chi connectivity index (χ2n) is 13.0. The minimum atomic E-state index is -0.179. The summed E-state index contributed by atoms with van der Waals surface area (Å²) in [6.07, 6.45) is 18.7. The molecule has 54 heavy (non-hydrogen) atoms. The first-order valence-electron chi connectivity index (χ1n) is 19.6. The number of carbonyl (C=O) groups excluding carboxylic acids is 1. The van der Waals surface area contributed by atoms with E-state index < -0.39 is 0 Å². The number of para-hydroxylation sites is 1. The van der Waals surface area contributed by atoms with Gasteiger partial charge in [0.2, 0.25) is 5.91 Å². The maximum atomic E-state index is 12.2. The zero-order valence-electron chi connectivity index (χ0n) is 34.9. The molecule has 4 rings (SSSR count). The summed E-state index contributed by atoms with van der Waals surface area (Å²) in [4.78, 5) is 24.1. The SMILES string of the molecule is CC(=O)N(c1ccc(Oc2ccccc2)cc1)c1c(C)ncnc1N.CC/C=C(/C=C/CNC)N(C)c1cccc(C)c1.CCC.CCCCCCCC. The van der Waals surface area contributed by atoms with Gasteiger partial charge >= 0.3 is 0 Å². The van der Waals surface area contributed by atoms with Gasteiger partial charge in [0.15, 0.2) is 5.82 Å². The zero-order chi connectivity index (χ0) is 40.1. The lowest BCUT2D eigenvalue weighted by Gasteiger charge is -2.23. The number of ether oxygens (including phenoxy) is 1. The van der Waals surface area contributed by atoms with E-state index in [1.165, 1.54) is 80.0 Å². The predicted molar refractivity (Wildman–Crippen MR) is 233 cm³/mol. The lowest BCUT2D eigenvalue weighted by Crippen LogP contribution is -2.25. The van der Waals surface area contributed by atoms with Crippen molar-refractivity contribution in [1.29, 1.82) is 0 Å². The Hall–Kier alpha value is -4.95. The van der Waals surface area contributed by atoms with Crippen LogP contribution in [0.2, 0.25) is 0 Å². The molecular weight excluding hydrogens is 669 g/mol. The molecule has 0 unspecified atom stereocenters. The Morgan fingerprint density at radius 1 is 0.815 bits per heavy atom. The molecule has 0 radical (unpaired) electrons. The average Bonchev–Trinajstić information content (AvgIpc) is 3.16. The molecular formula is C46H68N6O2. The Morgan fingerprint density at radius 2 is 1.43 bits per heavy atom. The van der Waals surface area contributed by atoms with Crippen LogP contribution in [0.1, 0.15) is 104 Å². The number of unbranched alkanes of at least 4 members (excludes halogenated alkanes) is 5. The minimum absolute atomic E-state index is 0.179. The first kappa shape index (κ1) is 47.1. The monoisotopic (exact) mass is 737 g/mol. The van der Waals surface area contributed by atoms with E-state index in [9.17, 15) is 4.79 Å². The van der Waals surface area contributed by atoms with Gasteiger partial charge in [-0.05, 0) is 87.5 Å². The van der Waals surface area contributed by atoms with Crippen molar-refractivity contribution in [2.24, 2.45) is 0 Å². The Labute approximate surface area is 327 Å². The molecule has 1 heterocycles. The zero-order valence-corrected chi connectivity index (χ0v) is 34.9. The number of benzene rings is 3. The van der Waals surface area contributed by atoms with E-state index in [0.717, 1.165) is 18.7 Å². The Bertz CT molecular complexity index is 1610. The van der Waals surface area contributed by atoms with Crippen molar-refractivity contribution in [2.75, 3.05) is 36.2 Å². The van der Waals surface area contributed by atoms with E-state index in [1.54, 1.807) is 31.2 Å². The van der Waals surface area contributed by atoms with Crippen LogP contribution in [0.15, 0.2) is 109 Å². The van der Waals surface area contributed by atoms with Gasteiger partial charge in [-0.3, -0.25) is 9.69 Å². The molecule has 8 heteroatoms. The summed E-state index contributed by atoms with van der Waals surface area (Å²) in [6.45, 7) is 17.2. The van der Waals surface area contributed by atoms with Crippen molar-refractivity contribution < 1.29 is 9.53 Å². The van der Waals surface area contributed by atoms with Gasteiger partial charge in [-0.1, -0.05) is 122 Å². The molecule has 1 aromatic heterocycles. The molecule has 0 spiro atoms. The van der Waals surface area contributed by atoms with Gasteiger partial charge in [-0.15, -0.1) is 0 Å². The highest BCUT2D eigenvalue weighted by molar-refractivity contribution is 6.01. The molecule has 4 aromatic rings. The third-order valence-electron chi connectivity index (χ3n) is 7.90.